The van der Waals surface area contributed by atoms with Crippen LogP contribution in [0, 0.1) is 5.82 Å². The Morgan fingerprint density at radius 3 is 2.55 bits per heavy atom. The topological polar surface area (TPSA) is 68.0 Å². The molecule has 1 aromatic carbocycles. The van der Waals surface area contributed by atoms with Crippen molar-refractivity contribution >= 4 is 5.97 Å². The number of benzene rings is 1. The van der Waals surface area contributed by atoms with Crippen LogP contribution in [0.25, 0.3) is 0 Å². The van der Waals surface area contributed by atoms with Gasteiger partial charge in [0.15, 0.2) is 0 Å². The van der Waals surface area contributed by atoms with Crippen LogP contribution in [0.15, 0.2) is 30.6 Å². The fourth-order valence-corrected chi connectivity index (χ4v) is 2.08. The molecule has 0 amide bonds. The van der Waals surface area contributed by atoms with Crippen molar-refractivity contribution in [1.29, 1.82) is 0 Å². The average Bonchev–Trinajstić information content (AvgIpc) is 2.85. The van der Waals surface area contributed by atoms with E-state index in [2.05, 4.69) is 10.1 Å². The third-order valence-electron chi connectivity index (χ3n) is 3.09. The summed E-state index contributed by atoms with van der Waals surface area (Å²) in [4.78, 5) is 15.6. The highest BCUT2D eigenvalue weighted by Crippen LogP contribution is 2.22. The van der Waals surface area contributed by atoms with Gasteiger partial charge in [0.05, 0.1) is 5.92 Å². The van der Waals surface area contributed by atoms with Gasteiger partial charge < -0.3 is 5.11 Å². The maximum Gasteiger partial charge on any atom is 0.311 e. The molecule has 1 N–H and O–H groups in total. The van der Waals surface area contributed by atoms with E-state index in [1.54, 1.807) is 4.68 Å². The molecule has 0 saturated heterocycles. The summed E-state index contributed by atoms with van der Waals surface area (Å²) in [6.45, 7) is 3.90. The first-order valence-electron chi connectivity index (χ1n) is 6.35. The maximum atomic E-state index is 12.9. The molecule has 2 rings (SSSR count). The molecule has 20 heavy (non-hydrogen) atoms. The summed E-state index contributed by atoms with van der Waals surface area (Å²) in [7, 11) is 0. The highest BCUT2D eigenvalue weighted by molar-refractivity contribution is 5.76. The molecule has 0 bridgehead atoms. The highest BCUT2D eigenvalue weighted by atomic mass is 19.1. The van der Waals surface area contributed by atoms with E-state index in [-0.39, 0.29) is 18.3 Å². The smallest absolute Gasteiger partial charge is 0.311 e. The third-order valence-corrected chi connectivity index (χ3v) is 3.09. The molecule has 0 spiro atoms. The Morgan fingerprint density at radius 2 is 2.00 bits per heavy atom. The SMILES string of the molecule is CC(C)n1ncnc1CC(C(=O)O)c1ccc(F)cc1. The Kier molecular flexibility index (Phi) is 4.12. The minimum atomic E-state index is -0.963. The Bertz CT molecular complexity index is 593. The number of carboxylic acids is 1. The summed E-state index contributed by atoms with van der Waals surface area (Å²) in [5.41, 5.74) is 0.553. The second-order valence-corrected chi connectivity index (χ2v) is 4.86. The zero-order valence-electron chi connectivity index (χ0n) is 11.3. The fraction of sp³-hybridized carbons (Fsp3) is 0.357. The summed E-state index contributed by atoms with van der Waals surface area (Å²) in [5, 5.41) is 13.5. The Morgan fingerprint density at radius 1 is 1.35 bits per heavy atom. The monoisotopic (exact) mass is 277 g/mol. The van der Waals surface area contributed by atoms with Crippen LogP contribution < -0.4 is 0 Å². The van der Waals surface area contributed by atoms with Crippen LogP contribution in [-0.4, -0.2) is 25.8 Å². The summed E-state index contributed by atoms with van der Waals surface area (Å²) in [6, 6.07) is 5.61. The molecular formula is C14H16FN3O2. The van der Waals surface area contributed by atoms with Gasteiger partial charge in [0.1, 0.15) is 18.0 Å². The summed E-state index contributed by atoms with van der Waals surface area (Å²) in [6.07, 6.45) is 1.64. The van der Waals surface area contributed by atoms with Gasteiger partial charge in [0, 0.05) is 12.5 Å². The highest BCUT2D eigenvalue weighted by Gasteiger charge is 2.23. The van der Waals surface area contributed by atoms with Crippen LogP contribution in [-0.2, 0) is 11.2 Å². The van der Waals surface area contributed by atoms with Gasteiger partial charge in [-0.3, -0.25) is 4.79 Å². The van der Waals surface area contributed by atoms with E-state index in [1.807, 2.05) is 13.8 Å². The van der Waals surface area contributed by atoms with Crippen molar-refractivity contribution in [1.82, 2.24) is 14.8 Å². The maximum absolute atomic E-state index is 12.9. The van der Waals surface area contributed by atoms with Gasteiger partial charge in [-0.2, -0.15) is 5.10 Å². The molecule has 0 saturated carbocycles. The second-order valence-electron chi connectivity index (χ2n) is 4.86. The molecule has 1 aromatic heterocycles. The number of aliphatic carboxylic acids is 1. The average molecular weight is 277 g/mol. The molecule has 0 aliphatic heterocycles. The van der Waals surface area contributed by atoms with Crippen molar-refractivity contribution in [2.45, 2.75) is 32.2 Å². The summed E-state index contributed by atoms with van der Waals surface area (Å²) in [5.74, 6) is -1.51. The van der Waals surface area contributed by atoms with Gasteiger partial charge in [0.2, 0.25) is 0 Å². The minimum absolute atomic E-state index is 0.107. The predicted octanol–water partition coefficient (Wildman–Crippen LogP) is 2.41. The van der Waals surface area contributed by atoms with Crippen LogP contribution in [0.5, 0.6) is 0 Å². The van der Waals surface area contributed by atoms with Crippen molar-refractivity contribution in [3.63, 3.8) is 0 Å². The minimum Gasteiger partial charge on any atom is -0.481 e. The number of rotatable bonds is 5. The number of hydrogen-bond acceptors (Lipinski definition) is 3. The lowest BCUT2D eigenvalue weighted by Crippen LogP contribution is -2.18. The Labute approximate surface area is 116 Å². The largest absolute Gasteiger partial charge is 0.481 e. The van der Waals surface area contributed by atoms with E-state index < -0.39 is 11.9 Å². The molecule has 6 heteroatoms. The van der Waals surface area contributed by atoms with Crippen molar-refractivity contribution in [2.75, 3.05) is 0 Å². The number of hydrogen-bond donors (Lipinski definition) is 1. The molecule has 0 aliphatic rings. The fourth-order valence-electron chi connectivity index (χ4n) is 2.08. The van der Waals surface area contributed by atoms with E-state index in [4.69, 9.17) is 0 Å². The molecule has 106 valence electrons. The zero-order chi connectivity index (χ0) is 14.7. The van der Waals surface area contributed by atoms with E-state index in [0.29, 0.717) is 11.4 Å². The van der Waals surface area contributed by atoms with Gasteiger partial charge >= 0.3 is 5.97 Å². The van der Waals surface area contributed by atoms with Crippen molar-refractivity contribution in [2.24, 2.45) is 0 Å². The lowest BCUT2D eigenvalue weighted by molar-refractivity contribution is -0.138. The number of carboxylic acid groups (broad SMARTS) is 1. The van der Waals surface area contributed by atoms with Crippen molar-refractivity contribution in [3.05, 3.63) is 47.8 Å². The molecule has 5 nitrogen and oxygen atoms in total. The molecule has 2 aromatic rings. The molecule has 1 unspecified atom stereocenters. The van der Waals surface area contributed by atoms with Crippen LogP contribution in [0.3, 0.4) is 0 Å². The normalized spacial score (nSPS) is 12.6. The molecule has 1 atom stereocenters. The molecular weight excluding hydrogens is 261 g/mol. The zero-order valence-corrected chi connectivity index (χ0v) is 11.3. The van der Waals surface area contributed by atoms with Gasteiger partial charge in [-0.1, -0.05) is 12.1 Å². The first-order valence-corrected chi connectivity index (χ1v) is 6.35. The molecule has 0 aliphatic carbocycles. The predicted molar refractivity (Wildman–Crippen MR) is 70.9 cm³/mol. The van der Waals surface area contributed by atoms with Crippen molar-refractivity contribution < 1.29 is 14.3 Å². The van der Waals surface area contributed by atoms with E-state index >= 15 is 0 Å². The van der Waals surface area contributed by atoms with Crippen LogP contribution >= 0.6 is 0 Å². The quantitative estimate of drug-likeness (QED) is 0.911. The number of carbonyl (C=O) groups is 1. The second kappa shape index (κ2) is 5.81. The Hall–Kier alpha value is -2.24. The van der Waals surface area contributed by atoms with Gasteiger partial charge in [-0.15, -0.1) is 0 Å². The van der Waals surface area contributed by atoms with E-state index in [9.17, 15) is 14.3 Å². The van der Waals surface area contributed by atoms with Gasteiger partial charge in [-0.05, 0) is 31.5 Å². The molecule has 0 fully saturated rings. The number of nitrogens with zero attached hydrogens (tertiary/aromatic N) is 3. The third kappa shape index (κ3) is 3.01. The van der Waals surface area contributed by atoms with Gasteiger partial charge in [-0.25, -0.2) is 14.1 Å². The lowest BCUT2D eigenvalue weighted by Gasteiger charge is -2.14. The number of aromatic nitrogens is 3. The molecule has 0 radical (unpaired) electrons. The van der Waals surface area contributed by atoms with Crippen LogP contribution in [0.4, 0.5) is 4.39 Å². The first kappa shape index (κ1) is 14.2. The van der Waals surface area contributed by atoms with Crippen LogP contribution in [0.2, 0.25) is 0 Å². The summed E-state index contributed by atoms with van der Waals surface area (Å²) < 4.78 is 14.6. The van der Waals surface area contributed by atoms with E-state index in [1.165, 1.54) is 30.6 Å². The Balaban J connectivity index is 2.28. The molecule has 1 heterocycles. The van der Waals surface area contributed by atoms with Crippen molar-refractivity contribution in [3.8, 4) is 0 Å². The summed E-state index contributed by atoms with van der Waals surface area (Å²) >= 11 is 0. The first-order chi connectivity index (χ1) is 9.49. The van der Waals surface area contributed by atoms with Crippen LogP contribution in [0.1, 0.15) is 37.2 Å². The van der Waals surface area contributed by atoms with E-state index in [0.717, 1.165) is 0 Å². The van der Waals surface area contributed by atoms with Gasteiger partial charge in [0.25, 0.3) is 0 Å². The lowest BCUT2D eigenvalue weighted by atomic mass is 9.95. The standard InChI is InChI=1S/C14H16FN3O2/c1-9(2)18-13(16-8-17-18)7-12(14(19)20)10-3-5-11(15)6-4-10/h3-6,8-9,12H,7H2,1-2H3,(H,19,20). The number of halogens is 1.